The lowest BCUT2D eigenvalue weighted by Crippen LogP contribution is -2.60. The normalized spacial score (nSPS) is 13.7. The Morgan fingerprint density at radius 2 is 0.656 bits per heavy atom. The SMILES string of the molecule is CCO[Si](OCC)(OCC)C(S)(S)CCCCCCC(S)(S)[Si](OCC)(OCC)OCC. The minimum absolute atomic E-state index is 0.506. The molecular formula is C20H46O6S4Si2. The van der Waals surface area contributed by atoms with Gasteiger partial charge in [-0.1, -0.05) is 25.7 Å². The molecule has 0 rings (SSSR count). The predicted molar refractivity (Wildman–Crippen MR) is 150 cm³/mol. The van der Waals surface area contributed by atoms with Crippen molar-refractivity contribution in [3.63, 3.8) is 0 Å². The molecule has 0 amide bonds. The first kappa shape index (κ1) is 33.6. The highest BCUT2D eigenvalue weighted by Gasteiger charge is 2.58. The van der Waals surface area contributed by atoms with Gasteiger partial charge in [0.25, 0.3) is 0 Å². The number of thiol groups is 4. The van der Waals surface area contributed by atoms with E-state index in [2.05, 4.69) is 0 Å². The second-order valence-corrected chi connectivity index (χ2v) is 18.4. The highest BCUT2D eigenvalue weighted by atomic mass is 32.2. The summed E-state index contributed by atoms with van der Waals surface area (Å²) in [6, 6.07) is 0. The number of unbranched alkanes of at least 4 members (excludes halogenated alkanes) is 3. The van der Waals surface area contributed by atoms with E-state index in [0.29, 0.717) is 39.6 Å². The van der Waals surface area contributed by atoms with Crippen molar-refractivity contribution in [3.8, 4) is 0 Å². The lowest BCUT2D eigenvalue weighted by molar-refractivity contribution is 0.0648. The quantitative estimate of drug-likeness (QED) is 0.0627. The minimum atomic E-state index is -3.01. The monoisotopic (exact) mass is 566 g/mol. The molecule has 0 radical (unpaired) electrons. The smallest absolute Gasteiger partial charge is 0.372 e. The first-order chi connectivity index (χ1) is 15.1. The molecular weight excluding hydrogens is 521 g/mol. The van der Waals surface area contributed by atoms with Crippen molar-refractivity contribution >= 4 is 68.1 Å². The topological polar surface area (TPSA) is 55.4 Å². The molecule has 0 saturated carbocycles. The molecule has 6 nitrogen and oxygen atoms in total. The van der Waals surface area contributed by atoms with Crippen LogP contribution in [-0.2, 0) is 26.6 Å². The molecule has 194 valence electrons. The molecule has 0 spiro atoms. The van der Waals surface area contributed by atoms with Crippen molar-refractivity contribution < 1.29 is 26.6 Å². The Kier molecular flexibility index (Phi) is 18.0. The highest BCUT2D eigenvalue weighted by molar-refractivity contribution is 8.03. The minimum Gasteiger partial charge on any atom is -0.372 e. The molecule has 0 unspecified atom stereocenters. The van der Waals surface area contributed by atoms with Crippen molar-refractivity contribution in [2.45, 2.75) is 87.5 Å². The Hall–Kier alpha value is 1.59. The van der Waals surface area contributed by atoms with Gasteiger partial charge in [-0.15, -0.1) is 0 Å². The van der Waals surface area contributed by atoms with Gasteiger partial charge < -0.3 is 26.6 Å². The van der Waals surface area contributed by atoms with Crippen LogP contribution in [0.1, 0.15) is 80.1 Å². The van der Waals surface area contributed by atoms with Gasteiger partial charge in [-0.25, -0.2) is 0 Å². The van der Waals surface area contributed by atoms with E-state index in [-0.39, 0.29) is 0 Å². The standard InChI is InChI=1S/C20H46O6S4Si2/c1-7-21-31(22-8-2,23-9-3)19(27,28)17-15-13-14-16-18-20(29,30)32(24-10-4,25-11-5)26-12-6/h27-30H,7-18H2,1-6H3. The van der Waals surface area contributed by atoms with Crippen LogP contribution >= 0.6 is 50.5 Å². The molecule has 0 aromatic heterocycles. The van der Waals surface area contributed by atoms with Gasteiger partial charge >= 0.3 is 17.6 Å². The summed E-state index contributed by atoms with van der Waals surface area (Å²) in [5, 5.41) is 0. The molecule has 0 aromatic rings. The average molecular weight is 567 g/mol. The second kappa shape index (κ2) is 17.1. The fourth-order valence-corrected chi connectivity index (χ4v) is 11.6. The first-order valence-corrected chi connectivity index (χ1v) is 17.0. The van der Waals surface area contributed by atoms with Gasteiger partial charge in [0, 0.05) is 39.6 Å². The van der Waals surface area contributed by atoms with Crippen molar-refractivity contribution in [2.24, 2.45) is 0 Å². The third-order valence-electron chi connectivity index (χ3n) is 4.79. The van der Waals surface area contributed by atoms with E-state index >= 15 is 0 Å². The maximum absolute atomic E-state index is 5.99. The molecule has 12 heteroatoms. The van der Waals surface area contributed by atoms with Crippen LogP contribution in [0.3, 0.4) is 0 Å². The lowest BCUT2D eigenvalue weighted by atomic mass is 10.1. The third kappa shape index (κ3) is 9.92. The van der Waals surface area contributed by atoms with Gasteiger partial charge in [0.2, 0.25) is 0 Å². The van der Waals surface area contributed by atoms with E-state index in [1.54, 1.807) is 0 Å². The fraction of sp³-hybridized carbons (Fsp3) is 1.00. The number of hydrogen-bond donors (Lipinski definition) is 4. The summed E-state index contributed by atoms with van der Waals surface area (Å²) < 4.78 is 34.4. The molecule has 0 N–H and O–H groups in total. The Balaban J connectivity index is 4.85. The van der Waals surface area contributed by atoms with E-state index in [9.17, 15) is 0 Å². The van der Waals surface area contributed by atoms with Gasteiger partial charge in [0.05, 0.1) is 0 Å². The van der Waals surface area contributed by atoms with Gasteiger partial charge in [-0.2, -0.15) is 50.5 Å². The molecule has 0 aliphatic heterocycles. The van der Waals surface area contributed by atoms with E-state index in [1.807, 2.05) is 41.5 Å². The van der Waals surface area contributed by atoms with E-state index in [4.69, 9.17) is 77.1 Å². The van der Waals surface area contributed by atoms with E-state index in [0.717, 1.165) is 38.5 Å². The summed E-state index contributed by atoms with van der Waals surface area (Å²) in [6.45, 7) is 14.7. The first-order valence-electron chi connectivity index (χ1n) is 11.8. The van der Waals surface area contributed by atoms with Crippen LogP contribution in [0.15, 0.2) is 0 Å². The molecule has 0 aromatic carbocycles. The van der Waals surface area contributed by atoms with Gasteiger partial charge in [-0.3, -0.25) is 0 Å². The summed E-state index contributed by atoms with van der Waals surface area (Å²) in [5.74, 6) is 0. The van der Waals surface area contributed by atoms with Crippen LogP contribution in [0.2, 0.25) is 0 Å². The van der Waals surface area contributed by atoms with Crippen LogP contribution in [0, 0.1) is 0 Å². The zero-order valence-corrected chi connectivity index (χ0v) is 26.3. The maximum atomic E-state index is 5.99. The van der Waals surface area contributed by atoms with Crippen molar-refractivity contribution in [1.82, 2.24) is 0 Å². The van der Waals surface area contributed by atoms with Crippen LogP contribution < -0.4 is 0 Å². The molecule has 0 fully saturated rings. The van der Waals surface area contributed by atoms with Gasteiger partial charge in [-0.05, 0) is 54.4 Å². The van der Waals surface area contributed by atoms with Crippen molar-refractivity contribution in [3.05, 3.63) is 0 Å². The average Bonchev–Trinajstić information content (AvgIpc) is 2.71. The largest absolute Gasteiger partial charge is 0.527 e. The summed E-state index contributed by atoms with van der Waals surface area (Å²) >= 11 is 19.3. The van der Waals surface area contributed by atoms with E-state index in [1.165, 1.54) is 0 Å². The molecule has 0 heterocycles. The van der Waals surface area contributed by atoms with Crippen LogP contribution in [0.25, 0.3) is 0 Å². The number of hydrogen-bond acceptors (Lipinski definition) is 10. The molecule has 0 saturated heterocycles. The third-order valence-corrected chi connectivity index (χ3v) is 15.4. The van der Waals surface area contributed by atoms with Gasteiger partial charge in [0.1, 0.15) is 7.40 Å². The Morgan fingerprint density at radius 1 is 0.438 bits per heavy atom. The Bertz CT molecular complexity index is 413. The highest BCUT2D eigenvalue weighted by Crippen LogP contribution is 2.41. The number of rotatable bonds is 21. The second-order valence-electron chi connectivity index (χ2n) is 7.26. The van der Waals surface area contributed by atoms with Gasteiger partial charge in [0.15, 0.2) is 0 Å². The lowest BCUT2D eigenvalue weighted by Gasteiger charge is -2.39. The Morgan fingerprint density at radius 3 is 0.844 bits per heavy atom. The summed E-state index contributed by atoms with van der Waals surface area (Å²) in [4.78, 5) is 0. The van der Waals surface area contributed by atoms with Crippen LogP contribution in [-0.4, -0.2) is 64.7 Å². The zero-order valence-electron chi connectivity index (χ0n) is 20.7. The molecule has 0 atom stereocenters. The predicted octanol–water partition coefficient (Wildman–Crippen LogP) is 5.61. The molecule has 0 bridgehead atoms. The van der Waals surface area contributed by atoms with E-state index < -0.39 is 25.0 Å². The molecule has 32 heavy (non-hydrogen) atoms. The Labute approximate surface area is 220 Å². The fourth-order valence-electron chi connectivity index (χ4n) is 3.49. The molecule has 0 aliphatic rings. The van der Waals surface area contributed by atoms with Crippen molar-refractivity contribution in [2.75, 3.05) is 39.6 Å². The molecule has 0 aliphatic carbocycles. The zero-order chi connectivity index (χ0) is 24.7. The van der Waals surface area contributed by atoms with Crippen LogP contribution in [0.5, 0.6) is 0 Å². The van der Waals surface area contributed by atoms with Crippen molar-refractivity contribution in [1.29, 1.82) is 0 Å². The summed E-state index contributed by atoms with van der Waals surface area (Å²) in [5.41, 5.74) is 0. The summed E-state index contributed by atoms with van der Waals surface area (Å²) in [6.07, 6.45) is 5.36. The van der Waals surface area contributed by atoms with Crippen LogP contribution in [0.4, 0.5) is 0 Å². The maximum Gasteiger partial charge on any atom is 0.527 e. The summed E-state index contributed by atoms with van der Waals surface area (Å²) in [7, 11) is -6.03.